The Labute approximate surface area is 91.3 Å². The Morgan fingerprint density at radius 1 is 1.06 bits per heavy atom. The molecule has 0 bridgehead atoms. The van der Waals surface area contributed by atoms with Crippen LogP contribution < -0.4 is 0 Å². The number of carbonyl (C=O) groups is 1. The molecule has 0 saturated heterocycles. The lowest BCUT2D eigenvalue weighted by molar-refractivity contribution is -0.137. The van der Waals surface area contributed by atoms with E-state index in [1.54, 1.807) is 0 Å². The second-order valence-electron chi connectivity index (χ2n) is 4.00. The summed E-state index contributed by atoms with van der Waals surface area (Å²) in [5.41, 5.74) is 0.268. The Balaban J connectivity index is 2.47. The van der Waals surface area contributed by atoms with E-state index in [0.29, 0.717) is 12.8 Å². The van der Waals surface area contributed by atoms with Gasteiger partial charge in [0.25, 0.3) is 0 Å². The Kier molecular flexibility index (Phi) is 2.74. The lowest BCUT2D eigenvalue weighted by Crippen LogP contribution is -2.08. The zero-order valence-corrected chi connectivity index (χ0v) is 8.60. The predicted molar refractivity (Wildman–Crippen MR) is 53.3 cm³/mol. The molecule has 1 aliphatic rings. The molecule has 0 unspecified atom stereocenters. The molecule has 1 nitrogen and oxygen atoms in total. The van der Waals surface area contributed by atoms with E-state index in [9.17, 15) is 18.0 Å². The summed E-state index contributed by atoms with van der Waals surface area (Å²) >= 11 is 0. The number of rotatable bonds is 0. The van der Waals surface area contributed by atoms with Crippen LogP contribution in [-0.2, 0) is 12.6 Å². The van der Waals surface area contributed by atoms with E-state index in [2.05, 4.69) is 0 Å². The first-order chi connectivity index (χ1) is 7.48. The van der Waals surface area contributed by atoms with Crippen molar-refractivity contribution in [3.8, 4) is 0 Å². The van der Waals surface area contributed by atoms with Gasteiger partial charge in [0.2, 0.25) is 0 Å². The average Bonchev–Trinajstić information content (AvgIpc) is 2.39. The van der Waals surface area contributed by atoms with Gasteiger partial charge >= 0.3 is 6.18 Å². The highest BCUT2D eigenvalue weighted by molar-refractivity contribution is 5.98. The van der Waals surface area contributed by atoms with Crippen molar-refractivity contribution in [2.24, 2.45) is 0 Å². The van der Waals surface area contributed by atoms with E-state index < -0.39 is 11.7 Å². The van der Waals surface area contributed by atoms with Crippen molar-refractivity contribution in [3.63, 3.8) is 0 Å². The van der Waals surface area contributed by atoms with E-state index in [0.717, 1.165) is 30.5 Å². The number of benzene rings is 1. The third-order valence-electron chi connectivity index (χ3n) is 2.84. The second-order valence-corrected chi connectivity index (χ2v) is 4.00. The highest BCUT2D eigenvalue weighted by Gasteiger charge is 2.31. The summed E-state index contributed by atoms with van der Waals surface area (Å²) in [7, 11) is 0. The molecule has 0 aliphatic heterocycles. The lowest BCUT2D eigenvalue weighted by Gasteiger charge is -2.10. The van der Waals surface area contributed by atoms with Gasteiger partial charge in [-0.05, 0) is 37.0 Å². The largest absolute Gasteiger partial charge is 0.416 e. The van der Waals surface area contributed by atoms with Crippen molar-refractivity contribution in [1.82, 2.24) is 0 Å². The SMILES string of the molecule is O=C1CCCCc2ccc(C(F)(F)F)cc21. The first-order valence-electron chi connectivity index (χ1n) is 5.22. The van der Waals surface area contributed by atoms with E-state index in [-0.39, 0.29) is 11.3 Å². The number of aryl methyl sites for hydroxylation is 1. The smallest absolute Gasteiger partial charge is 0.294 e. The van der Waals surface area contributed by atoms with Gasteiger partial charge in [-0.1, -0.05) is 6.07 Å². The Bertz CT molecular complexity index is 421. The fourth-order valence-electron chi connectivity index (χ4n) is 1.97. The van der Waals surface area contributed by atoms with Gasteiger partial charge in [-0.2, -0.15) is 13.2 Å². The lowest BCUT2D eigenvalue weighted by atomic mass is 9.99. The van der Waals surface area contributed by atoms with E-state index in [1.165, 1.54) is 6.07 Å². The Morgan fingerprint density at radius 2 is 1.75 bits per heavy atom. The second kappa shape index (κ2) is 3.92. The summed E-state index contributed by atoms with van der Waals surface area (Å²) in [5, 5.41) is 0. The molecule has 2 rings (SSSR count). The van der Waals surface area contributed by atoms with Gasteiger partial charge in [0.1, 0.15) is 0 Å². The van der Waals surface area contributed by atoms with Gasteiger partial charge in [0.05, 0.1) is 5.56 Å². The van der Waals surface area contributed by atoms with Crippen LogP contribution in [0.2, 0.25) is 0 Å². The van der Waals surface area contributed by atoms with Crippen molar-refractivity contribution in [2.75, 3.05) is 0 Å². The molecule has 4 heteroatoms. The minimum absolute atomic E-state index is 0.168. The molecular weight excluding hydrogens is 217 g/mol. The van der Waals surface area contributed by atoms with Crippen LogP contribution in [0.25, 0.3) is 0 Å². The maximum atomic E-state index is 12.5. The number of hydrogen-bond acceptors (Lipinski definition) is 1. The monoisotopic (exact) mass is 228 g/mol. The maximum absolute atomic E-state index is 12.5. The molecule has 0 spiro atoms. The number of Topliss-reactive ketones (excluding diaryl/α,β-unsaturated/α-hetero) is 1. The Hall–Kier alpha value is -1.32. The number of carbonyl (C=O) groups excluding carboxylic acids is 1. The van der Waals surface area contributed by atoms with Crippen LogP contribution in [0.15, 0.2) is 18.2 Å². The molecule has 0 atom stereocenters. The van der Waals surface area contributed by atoms with Crippen molar-refractivity contribution < 1.29 is 18.0 Å². The van der Waals surface area contributed by atoms with Gasteiger partial charge in [0.15, 0.2) is 5.78 Å². The topological polar surface area (TPSA) is 17.1 Å². The van der Waals surface area contributed by atoms with Crippen LogP contribution in [0, 0.1) is 0 Å². The number of hydrogen-bond donors (Lipinski definition) is 0. The number of halogens is 3. The van der Waals surface area contributed by atoms with Crippen LogP contribution in [0.4, 0.5) is 13.2 Å². The van der Waals surface area contributed by atoms with Gasteiger partial charge in [-0.15, -0.1) is 0 Å². The van der Waals surface area contributed by atoms with E-state index >= 15 is 0 Å². The maximum Gasteiger partial charge on any atom is 0.416 e. The van der Waals surface area contributed by atoms with Crippen LogP contribution in [0.3, 0.4) is 0 Å². The van der Waals surface area contributed by atoms with Gasteiger partial charge in [0, 0.05) is 12.0 Å². The van der Waals surface area contributed by atoms with Crippen molar-refractivity contribution in [3.05, 3.63) is 34.9 Å². The van der Waals surface area contributed by atoms with Crippen molar-refractivity contribution >= 4 is 5.78 Å². The third-order valence-corrected chi connectivity index (χ3v) is 2.84. The first kappa shape index (κ1) is 11.2. The highest BCUT2D eigenvalue weighted by Crippen LogP contribution is 2.32. The third kappa shape index (κ3) is 2.10. The number of fused-ring (bicyclic) bond motifs is 1. The van der Waals surface area contributed by atoms with Crippen LogP contribution >= 0.6 is 0 Å². The van der Waals surface area contributed by atoms with Crippen LogP contribution in [-0.4, -0.2) is 5.78 Å². The van der Waals surface area contributed by atoms with Crippen molar-refractivity contribution in [2.45, 2.75) is 31.9 Å². The molecule has 0 aromatic heterocycles. The molecule has 86 valence electrons. The molecule has 16 heavy (non-hydrogen) atoms. The molecule has 0 fully saturated rings. The molecule has 1 aromatic carbocycles. The molecule has 0 heterocycles. The molecule has 0 N–H and O–H groups in total. The number of alkyl halides is 3. The molecule has 1 aromatic rings. The average molecular weight is 228 g/mol. The summed E-state index contributed by atoms with van der Waals surface area (Å²) < 4.78 is 37.4. The quantitative estimate of drug-likeness (QED) is 0.620. The normalized spacial score (nSPS) is 16.8. The summed E-state index contributed by atoms with van der Waals surface area (Å²) in [6, 6.07) is 3.47. The summed E-state index contributed by atoms with van der Waals surface area (Å²) in [6.07, 6.45) is -1.70. The summed E-state index contributed by atoms with van der Waals surface area (Å²) in [6.45, 7) is 0. The molecule has 0 radical (unpaired) electrons. The number of ketones is 1. The standard InChI is InChI=1S/C12H11F3O/c13-12(14,15)9-6-5-8-3-1-2-4-11(16)10(8)7-9/h5-7H,1-4H2. The van der Waals surface area contributed by atoms with Crippen molar-refractivity contribution in [1.29, 1.82) is 0 Å². The highest BCUT2D eigenvalue weighted by atomic mass is 19.4. The minimum atomic E-state index is -4.37. The minimum Gasteiger partial charge on any atom is -0.294 e. The molecule has 0 amide bonds. The summed E-state index contributed by atoms with van der Waals surface area (Å²) in [4.78, 5) is 11.6. The Morgan fingerprint density at radius 3 is 2.44 bits per heavy atom. The zero-order chi connectivity index (χ0) is 11.8. The molecule has 1 aliphatic carbocycles. The fraction of sp³-hybridized carbons (Fsp3) is 0.417. The predicted octanol–water partition coefficient (Wildman–Crippen LogP) is 3.61. The van der Waals surface area contributed by atoms with Crippen LogP contribution in [0.5, 0.6) is 0 Å². The van der Waals surface area contributed by atoms with Gasteiger partial charge in [-0.3, -0.25) is 4.79 Å². The van der Waals surface area contributed by atoms with E-state index in [4.69, 9.17) is 0 Å². The van der Waals surface area contributed by atoms with Crippen LogP contribution in [0.1, 0.15) is 40.7 Å². The summed E-state index contributed by atoms with van der Waals surface area (Å²) in [5.74, 6) is -0.168. The van der Waals surface area contributed by atoms with Gasteiger partial charge < -0.3 is 0 Å². The van der Waals surface area contributed by atoms with E-state index in [1.807, 2.05) is 0 Å². The first-order valence-corrected chi connectivity index (χ1v) is 5.22. The van der Waals surface area contributed by atoms with Gasteiger partial charge in [-0.25, -0.2) is 0 Å². The zero-order valence-electron chi connectivity index (χ0n) is 8.60. The molecule has 0 saturated carbocycles. The molecular formula is C12H11F3O. The fourth-order valence-corrected chi connectivity index (χ4v) is 1.97.